The zero-order valence-electron chi connectivity index (χ0n) is 9.45. The number of anilines is 1. The largest absolute Gasteiger partial charge is 0.506 e. The minimum Gasteiger partial charge on any atom is -0.506 e. The number of amides is 1. The Labute approximate surface area is 108 Å². The van der Waals surface area contributed by atoms with E-state index in [1.807, 2.05) is 0 Å². The molecule has 1 heterocycles. The van der Waals surface area contributed by atoms with Crippen LogP contribution in [0.25, 0.3) is 10.4 Å². The maximum atomic E-state index is 11.8. The van der Waals surface area contributed by atoms with Crippen LogP contribution in [0.2, 0.25) is 5.02 Å². The van der Waals surface area contributed by atoms with Crippen molar-refractivity contribution < 1.29 is 9.90 Å². The summed E-state index contributed by atoms with van der Waals surface area (Å²) in [5.41, 5.74) is 8.69. The van der Waals surface area contributed by atoms with Gasteiger partial charge in [0, 0.05) is 35.5 Å². The van der Waals surface area contributed by atoms with Crippen LogP contribution in [0.4, 0.5) is 5.69 Å². The molecule has 1 saturated heterocycles. The first-order valence-corrected chi connectivity index (χ1v) is 5.79. The van der Waals surface area contributed by atoms with Gasteiger partial charge in [0.15, 0.2) is 0 Å². The quantitative estimate of drug-likeness (QED) is 0.518. The molecule has 1 atom stereocenters. The number of phenolic OH excluding ortho intramolecular Hbond substituents is 1. The van der Waals surface area contributed by atoms with Crippen molar-refractivity contribution in [2.45, 2.75) is 6.42 Å². The van der Waals surface area contributed by atoms with Crippen LogP contribution < -0.4 is 4.90 Å². The highest BCUT2D eigenvalue weighted by atomic mass is 35.5. The maximum Gasteiger partial charge on any atom is 0.227 e. The number of rotatable bonds is 3. The Morgan fingerprint density at radius 3 is 3.06 bits per heavy atom. The number of aromatic hydroxyl groups is 1. The Bertz CT molecular complexity index is 528. The van der Waals surface area contributed by atoms with Crippen LogP contribution in [0.1, 0.15) is 6.42 Å². The summed E-state index contributed by atoms with van der Waals surface area (Å²) in [5.74, 6) is -0.130. The minimum atomic E-state index is -0.0919. The third kappa shape index (κ3) is 2.50. The molecular formula is C11H11ClN4O2. The zero-order valence-corrected chi connectivity index (χ0v) is 10.2. The molecule has 0 radical (unpaired) electrons. The van der Waals surface area contributed by atoms with E-state index in [9.17, 15) is 9.90 Å². The van der Waals surface area contributed by atoms with Gasteiger partial charge >= 0.3 is 0 Å². The van der Waals surface area contributed by atoms with Gasteiger partial charge in [0.25, 0.3) is 0 Å². The standard InChI is InChI=1S/C11H11ClN4O2/c12-8-1-2-9(10(17)4-8)16-6-7(3-11(16)18)5-14-15-13/h1-2,4,7,17H,3,5-6H2. The van der Waals surface area contributed by atoms with Crippen molar-refractivity contribution in [3.8, 4) is 5.75 Å². The van der Waals surface area contributed by atoms with E-state index in [-0.39, 0.29) is 24.1 Å². The van der Waals surface area contributed by atoms with Crippen molar-refractivity contribution in [3.63, 3.8) is 0 Å². The number of hydrogen-bond donors (Lipinski definition) is 1. The number of azide groups is 1. The Morgan fingerprint density at radius 1 is 1.61 bits per heavy atom. The third-order valence-corrected chi connectivity index (χ3v) is 3.07. The summed E-state index contributed by atoms with van der Waals surface area (Å²) < 4.78 is 0. The second-order valence-electron chi connectivity index (χ2n) is 4.12. The number of hydrogen-bond acceptors (Lipinski definition) is 3. The van der Waals surface area contributed by atoms with Crippen LogP contribution in [-0.2, 0) is 4.79 Å². The predicted octanol–water partition coefficient (Wildman–Crippen LogP) is 2.71. The minimum absolute atomic E-state index is 0.0107. The number of carbonyl (C=O) groups excluding carboxylic acids is 1. The van der Waals surface area contributed by atoms with E-state index < -0.39 is 0 Å². The van der Waals surface area contributed by atoms with E-state index >= 15 is 0 Å². The summed E-state index contributed by atoms with van der Waals surface area (Å²) in [5, 5.41) is 13.7. The first kappa shape index (κ1) is 12.5. The summed E-state index contributed by atoms with van der Waals surface area (Å²) in [6.07, 6.45) is 0.321. The molecule has 1 fully saturated rings. The third-order valence-electron chi connectivity index (χ3n) is 2.84. The lowest BCUT2D eigenvalue weighted by atomic mass is 10.1. The van der Waals surface area contributed by atoms with Crippen molar-refractivity contribution in [1.29, 1.82) is 0 Å². The Morgan fingerprint density at radius 2 is 2.39 bits per heavy atom. The molecule has 94 valence electrons. The van der Waals surface area contributed by atoms with Crippen molar-refractivity contribution in [2.24, 2.45) is 11.0 Å². The van der Waals surface area contributed by atoms with Gasteiger partial charge in [-0.15, -0.1) is 0 Å². The summed E-state index contributed by atoms with van der Waals surface area (Å²) in [4.78, 5) is 16.0. The summed E-state index contributed by atoms with van der Waals surface area (Å²) in [6, 6.07) is 4.61. The molecule has 0 saturated carbocycles. The van der Waals surface area contributed by atoms with Crippen LogP contribution in [0.15, 0.2) is 23.3 Å². The van der Waals surface area contributed by atoms with Crippen molar-refractivity contribution in [3.05, 3.63) is 33.7 Å². The molecule has 0 aromatic heterocycles. The van der Waals surface area contributed by atoms with Gasteiger partial charge in [-0.2, -0.15) is 0 Å². The van der Waals surface area contributed by atoms with Gasteiger partial charge in [-0.3, -0.25) is 4.79 Å². The molecule has 0 aliphatic carbocycles. The highest BCUT2D eigenvalue weighted by molar-refractivity contribution is 6.30. The molecule has 1 aliphatic heterocycles. The topological polar surface area (TPSA) is 89.3 Å². The fourth-order valence-electron chi connectivity index (χ4n) is 2.01. The Hall–Kier alpha value is -1.91. The molecule has 0 spiro atoms. The van der Waals surface area contributed by atoms with Gasteiger partial charge in [-0.05, 0) is 23.6 Å². The van der Waals surface area contributed by atoms with E-state index in [0.717, 1.165) is 0 Å². The van der Waals surface area contributed by atoms with Gasteiger partial charge in [-0.1, -0.05) is 16.7 Å². The highest BCUT2D eigenvalue weighted by Crippen LogP contribution is 2.34. The molecule has 0 bridgehead atoms. The summed E-state index contributed by atoms with van der Waals surface area (Å²) >= 11 is 5.74. The van der Waals surface area contributed by atoms with Crippen molar-refractivity contribution >= 4 is 23.2 Å². The SMILES string of the molecule is [N-]=[N+]=NCC1CC(=O)N(c2ccc(Cl)cc2O)C1. The van der Waals surface area contributed by atoms with Gasteiger partial charge in [-0.25, -0.2) is 0 Å². The lowest BCUT2D eigenvalue weighted by molar-refractivity contribution is -0.117. The average Bonchev–Trinajstić information content (AvgIpc) is 2.68. The predicted molar refractivity (Wildman–Crippen MR) is 67.6 cm³/mol. The molecule has 1 N–H and O–H groups in total. The lowest BCUT2D eigenvalue weighted by Gasteiger charge is -2.17. The summed E-state index contributed by atoms with van der Waals surface area (Å²) in [6.45, 7) is 0.722. The van der Waals surface area contributed by atoms with Crippen LogP contribution >= 0.6 is 11.6 Å². The lowest BCUT2D eigenvalue weighted by Crippen LogP contribution is -2.24. The van der Waals surface area contributed by atoms with E-state index in [1.54, 1.807) is 12.1 Å². The van der Waals surface area contributed by atoms with E-state index in [2.05, 4.69) is 10.0 Å². The summed E-state index contributed by atoms with van der Waals surface area (Å²) in [7, 11) is 0. The van der Waals surface area contributed by atoms with Gasteiger partial charge in [0.2, 0.25) is 5.91 Å². The molecule has 6 nitrogen and oxygen atoms in total. The number of phenols is 1. The smallest absolute Gasteiger partial charge is 0.227 e. The van der Waals surface area contributed by atoms with Gasteiger partial charge < -0.3 is 10.0 Å². The second-order valence-corrected chi connectivity index (χ2v) is 4.56. The first-order chi connectivity index (χ1) is 8.61. The normalized spacial score (nSPS) is 18.8. The van der Waals surface area contributed by atoms with Crippen LogP contribution in [-0.4, -0.2) is 24.1 Å². The second kappa shape index (κ2) is 5.16. The highest BCUT2D eigenvalue weighted by Gasteiger charge is 2.31. The van der Waals surface area contributed by atoms with Gasteiger partial charge in [0.1, 0.15) is 5.75 Å². The van der Waals surface area contributed by atoms with Crippen LogP contribution in [0, 0.1) is 5.92 Å². The van der Waals surface area contributed by atoms with E-state index in [1.165, 1.54) is 11.0 Å². The van der Waals surface area contributed by atoms with E-state index in [4.69, 9.17) is 17.1 Å². The fourth-order valence-corrected chi connectivity index (χ4v) is 2.18. The van der Waals surface area contributed by atoms with Crippen molar-refractivity contribution in [2.75, 3.05) is 18.0 Å². The average molecular weight is 267 g/mol. The Kier molecular flexibility index (Phi) is 3.60. The molecule has 1 amide bonds. The molecule has 1 aliphatic rings. The van der Waals surface area contributed by atoms with Crippen molar-refractivity contribution in [1.82, 2.24) is 0 Å². The monoisotopic (exact) mass is 266 g/mol. The molecule has 1 aromatic carbocycles. The Balaban J connectivity index is 2.18. The molecule has 2 rings (SSSR count). The molecule has 7 heteroatoms. The van der Waals surface area contributed by atoms with E-state index in [0.29, 0.717) is 23.7 Å². The van der Waals surface area contributed by atoms with Gasteiger partial charge in [0.05, 0.1) is 5.69 Å². The maximum absolute atomic E-state index is 11.8. The number of carbonyl (C=O) groups is 1. The number of benzene rings is 1. The van der Waals surface area contributed by atoms with Crippen LogP contribution in [0.5, 0.6) is 5.75 Å². The molecule has 18 heavy (non-hydrogen) atoms. The molecule has 1 unspecified atom stereocenters. The first-order valence-electron chi connectivity index (χ1n) is 5.41. The molecule has 1 aromatic rings. The fraction of sp³-hybridized carbons (Fsp3) is 0.364. The van der Waals surface area contributed by atoms with Crippen LogP contribution in [0.3, 0.4) is 0 Å². The molecular weight excluding hydrogens is 256 g/mol. The zero-order chi connectivity index (χ0) is 13.1. The number of nitrogens with zero attached hydrogens (tertiary/aromatic N) is 4. The number of halogens is 1.